The molecule has 4 rings (SSSR count). The number of hydrogen-bond donors (Lipinski definition) is 2. The van der Waals surface area contributed by atoms with E-state index in [2.05, 4.69) is 27.8 Å². The van der Waals surface area contributed by atoms with E-state index in [9.17, 15) is 26.4 Å². The van der Waals surface area contributed by atoms with Crippen molar-refractivity contribution in [3.63, 3.8) is 0 Å². The summed E-state index contributed by atoms with van der Waals surface area (Å²) in [6.07, 6.45) is -4.36. The molecule has 0 aliphatic heterocycles. The fraction of sp³-hybridized carbons (Fsp3) is 0.120. The van der Waals surface area contributed by atoms with Crippen LogP contribution in [0.15, 0.2) is 83.1 Å². The molecule has 0 amide bonds. The number of anilines is 2. The van der Waals surface area contributed by atoms with Crippen LogP contribution in [0.5, 0.6) is 0 Å². The molecule has 36 heavy (non-hydrogen) atoms. The van der Waals surface area contributed by atoms with E-state index in [-0.39, 0.29) is 16.7 Å². The molecule has 0 unspecified atom stereocenters. The SMILES string of the molecule is CNc1nc(-c2ccccc2)cs1.Cc1ccc(S(=O)(=O)Nc2cc(C(F)(F)F)ccc2C=O)cc1. The van der Waals surface area contributed by atoms with Crippen molar-refractivity contribution in [2.45, 2.75) is 18.0 Å². The summed E-state index contributed by atoms with van der Waals surface area (Å²) >= 11 is 1.62. The highest BCUT2D eigenvalue weighted by Gasteiger charge is 2.31. The van der Waals surface area contributed by atoms with Gasteiger partial charge in [-0.3, -0.25) is 9.52 Å². The van der Waals surface area contributed by atoms with E-state index in [1.807, 2.05) is 30.0 Å². The Kier molecular flexibility index (Phi) is 8.49. The van der Waals surface area contributed by atoms with Crippen LogP contribution in [0.1, 0.15) is 21.5 Å². The summed E-state index contributed by atoms with van der Waals surface area (Å²) in [5, 5.41) is 6.04. The minimum absolute atomic E-state index is 0.114. The molecule has 4 aromatic rings. The van der Waals surface area contributed by atoms with Gasteiger partial charge in [0.25, 0.3) is 10.0 Å². The van der Waals surface area contributed by atoms with Crippen LogP contribution in [0.3, 0.4) is 0 Å². The number of nitrogens with one attached hydrogen (secondary N) is 2. The largest absolute Gasteiger partial charge is 0.416 e. The highest BCUT2D eigenvalue weighted by Crippen LogP contribution is 2.32. The summed E-state index contributed by atoms with van der Waals surface area (Å²) in [6.45, 7) is 1.77. The Morgan fingerprint density at radius 3 is 2.19 bits per heavy atom. The van der Waals surface area contributed by atoms with Crippen LogP contribution in [-0.4, -0.2) is 26.7 Å². The highest BCUT2D eigenvalue weighted by molar-refractivity contribution is 7.92. The molecule has 0 atom stereocenters. The second-order valence-electron chi connectivity index (χ2n) is 7.49. The van der Waals surface area contributed by atoms with Crippen LogP contribution < -0.4 is 10.0 Å². The molecule has 0 fully saturated rings. The van der Waals surface area contributed by atoms with Gasteiger partial charge in [-0.05, 0) is 37.3 Å². The van der Waals surface area contributed by atoms with Gasteiger partial charge < -0.3 is 5.32 Å². The smallest absolute Gasteiger partial charge is 0.365 e. The average molecular weight is 534 g/mol. The van der Waals surface area contributed by atoms with E-state index in [4.69, 9.17) is 0 Å². The number of hydrogen-bond acceptors (Lipinski definition) is 6. The quantitative estimate of drug-likeness (QED) is 0.277. The molecule has 0 spiro atoms. The van der Waals surface area contributed by atoms with Crippen molar-refractivity contribution >= 4 is 38.5 Å². The number of alkyl halides is 3. The van der Waals surface area contributed by atoms with Gasteiger partial charge in [-0.15, -0.1) is 11.3 Å². The van der Waals surface area contributed by atoms with Crippen LogP contribution >= 0.6 is 11.3 Å². The van der Waals surface area contributed by atoms with Gasteiger partial charge in [0.15, 0.2) is 11.4 Å². The summed E-state index contributed by atoms with van der Waals surface area (Å²) in [5.74, 6) is 0. The number of rotatable bonds is 6. The molecular weight excluding hydrogens is 511 g/mol. The number of carbonyl (C=O) groups excluding carboxylic acids is 1. The maximum absolute atomic E-state index is 12.7. The predicted octanol–water partition coefficient (Wildman–Crippen LogP) is 6.48. The maximum atomic E-state index is 12.7. The Labute approximate surface area is 210 Å². The Morgan fingerprint density at radius 2 is 1.64 bits per heavy atom. The first-order valence-corrected chi connectivity index (χ1v) is 12.8. The molecule has 0 aliphatic carbocycles. The molecule has 11 heteroatoms. The summed E-state index contributed by atoms with van der Waals surface area (Å²) in [4.78, 5) is 15.2. The number of aldehydes is 1. The molecule has 188 valence electrons. The second-order valence-corrected chi connectivity index (χ2v) is 10.0. The van der Waals surface area contributed by atoms with Crippen molar-refractivity contribution in [1.29, 1.82) is 0 Å². The van der Waals surface area contributed by atoms with Crippen molar-refractivity contribution in [1.82, 2.24) is 4.98 Å². The lowest BCUT2D eigenvalue weighted by Gasteiger charge is -2.13. The third kappa shape index (κ3) is 6.92. The number of carbonyl (C=O) groups is 1. The van der Waals surface area contributed by atoms with Crippen molar-refractivity contribution in [2.24, 2.45) is 0 Å². The van der Waals surface area contributed by atoms with Gasteiger partial charge in [0.05, 0.1) is 21.8 Å². The molecule has 2 N–H and O–H groups in total. The summed E-state index contributed by atoms with van der Waals surface area (Å²) in [6, 6.07) is 18.2. The van der Waals surface area contributed by atoms with E-state index in [0.29, 0.717) is 12.1 Å². The Morgan fingerprint density at radius 1 is 0.972 bits per heavy atom. The Bertz CT molecular complexity index is 1420. The van der Waals surface area contributed by atoms with E-state index in [1.165, 1.54) is 17.7 Å². The third-order valence-electron chi connectivity index (χ3n) is 4.87. The summed E-state index contributed by atoms with van der Waals surface area (Å²) in [5.41, 5.74) is 1.38. The van der Waals surface area contributed by atoms with Crippen molar-refractivity contribution in [3.05, 3.63) is 94.9 Å². The topological polar surface area (TPSA) is 88.2 Å². The molecule has 1 aromatic heterocycles. The maximum Gasteiger partial charge on any atom is 0.416 e. The van der Waals surface area contributed by atoms with Crippen LogP contribution in [-0.2, 0) is 16.2 Å². The zero-order valence-corrected chi connectivity index (χ0v) is 20.8. The van der Waals surface area contributed by atoms with Gasteiger partial charge in [0.2, 0.25) is 0 Å². The third-order valence-corrected chi connectivity index (χ3v) is 7.11. The molecule has 0 saturated carbocycles. The lowest BCUT2D eigenvalue weighted by atomic mass is 10.1. The van der Waals surface area contributed by atoms with Crippen LogP contribution in [0.2, 0.25) is 0 Å². The predicted molar refractivity (Wildman–Crippen MR) is 136 cm³/mol. The van der Waals surface area contributed by atoms with Crippen LogP contribution in [0, 0.1) is 6.92 Å². The lowest BCUT2D eigenvalue weighted by Crippen LogP contribution is -2.15. The van der Waals surface area contributed by atoms with Crippen molar-refractivity contribution < 1.29 is 26.4 Å². The van der Waals surface area contributed by atoms with Crippen molar-refractivity contribution in [2.75, 3.05) is 17.1 Å². The first kappa shape index (κ1) is 26.9. The van der Waals surface area contributed by atoms with Crippen molar-refractivity contribution in [3.8, 4) is 11.3 Å². The molecule has 3 aromatic carbocycles. The summed E-state index contributed by atoms with van der Waals surface area (Å²) in [7, 11) is -2.22. The molecule has 1 heterocycles. The minimum Gasteiger partial charge on any atom is -0.365 e. The van der Waals surface area contributed by atoms with Gasteiger partial charge in [-0.1, -0.05) is 48.0 Å². The molecular formula is C25H22F3N3O3S2. The van der Waals surface area contributed by atoms with Gasteiger partial charge >= 0.3 is 6.18 Å². The standard InChI is InChI=1S/C15H12F3NO3S.C10H10N2S/c1-10-2-6-13(7-3-10)23(21,22)19-14-8-12(15(16,17)18)5-4-11(14)9-20;1-11-10-12-9(7-13-10)8-5-3-2-4-6-8/h2-9,19H,1H3;2-7H,1H3,(H,11,12). The monoisotopic (exact) mass is 533 g/mol. The number of aryl methyl sites for hydroxylation is 1. The normalized spacial score (nSPS) is 11.2. The van der Waals surface area contributed by atoms with Gasteiger partial charge in [-0.25, -0.2) is 13.4 Å². The lowest BCUT2D eigenvalue weighted by molar-refractivity contribution is -0.137. The van der Waals surface area contributed by atoms with E-state index in [0.717, 1.165) is 22.5 Å². The first-order chi connectivity index (χ1) is 17.0. The van der Waals surface area contributed by atoms with Gasteiger partial charge in [0.1, 0.15) is 0 Å². The number of thiazole rings is 1. The van der Waals surface area contributed by atoms with Gasteiger partial charge in [0, 0.05) is 23.6 Å². The van der Waals surface area contributed by atoms with E-state index < -0.39 is 27.5 Å². The average Bonchev–Trinajstić information content (AvgIpc) is 3.34. The number of halogens is 3. The van der Waals surface area contributed by atoms with Gasteiger partial charge in [-0.2, -0.15) is 13.2 Å². The highest BCUT2D eigenvalue weighted by atomic mass is 32.2. The molecule has 6 nitrogen and oxygen atoms in total. The molecule has 0 saturated heterocycles. The second kappa shape index (κ2) is 11.4. The minimum atomic E-state index is -4.65. The van der Waals surface area contributed by atoms with Crippen LogP contribution in [0.25, 0.3) is 11.3 Å². The summed E-state index contributed by atoms with van der Waals surface area (Å²) < 4.78 is 64.7. The van der Waals surface area contributed by atoms with E-state index >= 15 is 0 Å². The Hall–Kier alpha value is -3.70. The fourth-order valence-electron chi connectivity index (χ4n) is 2.97. The fourth-order valence-corrected chi connectivity index (χ4v) is 4.73. The number of sulfonamides is 1. The van der Waals surface area contributed by atoms with E-state index in [1.54, 1.807) is 30.4 Å². The molecule has 0 radical (unpaired) electrons. The number of nitrogens with zero attached hydrogens (tertiary/aromatic N) is 1. The number of benzene rings is 3. The molecule has 0 bridgehead atoms. The zero-order valence-electron chi connectivity index (χ0n) is 19.2. The zero-order chi connectivity index (χ0) is 26.3. The van der Waals surface area contributed by atoms with Crippen LogP contribution in [0.4, 0.5) is 24.0 Å². The number of aromatic nitrogens is 1. The molecule has 0 aliphatic rings. The first-order valence-electron chi connectivity index (χ1n) is 10.5. The Balaban J connectivity index is 0.000000233.